The average molecular weight is 330 g/mol. The van der Waals surface area contributed by atoms with E-state index in [9.17, 15) is 4.79 Å². The molecule has 23 heavy (non-hydrogen) atoms. The second-order valence-corrected chi connectivity index (χ2v) is 6.32. The Balaban J connectivity index is 1.68. The Morgan fingerprint density at radius 3 is 3.04 bits per heavy atom. The number of carbonyl (C=O) groups is 1. The number of hydrogen-bond acceptors (Lipinski definition) is 5. The highest BCUT2D eigenvalue weighted by Gasteiger charge is 2.18. The number of anilines is 1. The molecule has 1 unspecified atom stereocenters. The lowest BCUT2D eigenvalue weighted by atomic mass is 10.2. The molecule has 2 aromatic rings. The summed E-state index contributed by atoms with van der Waals surface area (Å²) in [5.74, 6) is 3.07. The molecule has 1 amide bonds. The van der Waals surface area contributed by atoms with Crippen LogP contribution in [0.2, 0.25) is 0 Å². The van der Waals surface area contributed by atoms with Crippen LogP contribution in [0.1, 0.15) is 16.8 Å². The molecule has 1 saturated heterocycles. The van der Waals surface area contributed by atoms with Crippen LogP contribution in [0, 0.1) is 0 Å². The molecule has 0 aliphatic carbocycles. The maximum atomic E-state index is 12.4. The second kappa shape index (κ2) is 7.37. The Morgan fingerprint density at radius 1 is 1.35 bits per heavy atom. The summed E-state index contributed by atoms with van der Waals surface area (Å²) >= 11 is 1.87. The summed E-state index contributed by atoms with van der Waals surface area (Å²) in [6.45, 7) is 0. The fourth-order valence-electron chi connectivity index (χ4n) is 2.30. The molecular weight excluding hydrogens is 312 g/mol. The number of benzene rings is 1. The van der Waals surface area contributed by atoms with Crippen molar-refractivity contribution in [2.24, 2.45) is 0 Å². The first-order chi connectivity index (χ1) is 11.2. The van der Waals surface area contributed by atoms with Gasteiger partial charge in [0.05, 0.1) is 7.11 Å². The number of thioether (sulfide) groups is 1. The predicted molar refractivity (Wildman–Crippen MR) is 91.5 cm³/mol. The van der Waals surface area contributed by atoms with Gasteiger partial charge in [-0.2, -0.15) is 11.8 Å². The van der Waals surface area contributed by atoms with Crippen LogP contribution in [0.3, 0.4) is 0 Å². The van der Waals surface area contributed by atoms with Crippen molar-refractivity contribution < 1.29 is 14.3 Å². The topological polar surface area (TPSA) is 60.5 Å². The van der Waals surface area contributed by atoms with Gasteiger partial charge in [0.2, 0.25) is 5.88 Å². The molecule has 6 heteroatoms. The number of carbonyl (C=O) groups excluding carboxylic acids is 1. The highest BCUT2D eigenvalue weighted by Crippen LogP contribution is 2.23. The fourth-order valence-corrected chi connectivity index (χ4v) is 3.39. The fraction of sp³-hybridized carbons (Fsp3) is 0.294. The van der Waals surface area contributed by atoms with Crippen LogP contribution in [0.4, 0.5) is 5.69 Å². The van der Waals surface area contributed by atoms with Crippen LogP contribution in [0.25, 0.3) is 0 Å². The molecule has 3 rings (SSSR count). The summed E-state index contributed by atoms with van der Waals surface area (Å²) in [5.41, 5.74) is 1.20. The van der Waals surface area contributed by atoms with Crippen LogP contribution in [-0.2, 0) is 0 Å². The average Bonchev–Trinajstić information content (AvgIpc) is 3.08. The normalized spacial score (nSPS) is 16.8. The van der Waals surface area contributed by atoms with E-state index in [2.05, 4.69) is 10.3 Å². The van der Waals surface area contributed by atoms with E-state index in [-0.39, 0.29) is 12.0 Å². The van der Waals surface area contributed by atoms with E-state index in [0.717, 1.165) is 17.9 Å². The zero-order valence-corrected chi connectivity index (χ0v) is 13.6. The molecule has 120 valence electrons. The summed E-state index contributed by atoms with van der Waals surface area (Å²) in [6.07, 6.45) is 2.80. The Hall–Kier alpha value is -2.21. The number of ether oxygens (including phenoxy) is 2. The predicted octanol–water partition coefficient (Wildman–Crippen LogP) is 3.23. The third-order valence-electron chi connectivity index (χ3n) is 3.50. The molecule has 5 nitrogen and oxygen atoms in total. The van der Waals surface area contributed by atoms with Gasteiger partial charge in [0, 0.05) is 35.3 Å². The number of aromatic nitrogens is 1. The minimum Gasteiger partial charge on any atom is -0.497 e. The number of rotatable bonds is 5. The molecule has 1 aliphatic rings. The number of pyridine rings is 1. The summed E-state index contributed by atoms with van der Waals surface area (Å²) in [4.78, 5) is 16.6. The Kier molecular flexibility index (Phi) is 5.02. The highest BCUT2D eigenvalue weighted by atomic mass is 32.2. The van der Waals surface area contributed by atoms with E-state index >= 15 is 0 Å². The van der Waals surface area contributed by atoms with Gasteiger partial charge in [-0.05, 0) is 30.4 Å². The van der Waals surface area contributed by atoms with Crippen molar-refractivity contribution in [3.63, 3.8) is 0 Å². The van der Waals surface area contributed by atoms with Crippen LogP contribution in [0.15, 0.2) is 42.6 Å². The molecule has 1 N–H and O–H groups in total. The highest BCUT2D eigenvalue weighted by molar-refractivity contribution is 7.99. The van der Waals surface area contributed by atoms with Crippen molar-refractivity contribution in [1.82, 2.24) is 4.98 Å². The molecular formula is C17H18N2O3S. The second-order valence-electron chi connectivity index (χ2n) is 5.17. The molecule has 1 atom stereocenters. The number of amides is 1. The quantitative estimate of drug-likeness (QED) is 0.912. The molecule has 2 heterocycles. The summed E-state index contributed by atoms with van der Waals surface area (Å²) in [7, 11) is 1.59. The van der Waals surface area contributed by atoms with Crippen molar-refractivity contribution in [2.75, 3.05) is 23.9 Å². The van der Waals surface area contributed by atoms with Crippen LogP contribution >= 0.6 is 11.8 Å². The molecule has 0 spiro atoms. The van der Waals surface area contributed by atoms with Gasteiger partial charge in [-0.15, -0.1) is 0 Å². The van der Waals surface area contributed by atoms with Crippen molar-refractivity contribution >= 4 is 23.4 Å². The van der Waals surface area contributed by atoms with Gasteiger partial charge in [0.1, 0.15) is 11.9 Å². The van der Waals surface area contributed by atoms with Gasteiger partial charge in [-0.25, -0.2) is 4.98 Å². The molecule has 1 fully saturated rings. The molecule has 1 aromatic carbocycles. The van der Waals surface area contributed by atoms with E-state index in [1.807, 2.05) is 30.0 Å². The lowest BCUT2D eigenvalue weighted by Crippen LogP contribution is -2.17. The third-order valence-corrected chi connectivity index (χ3v) is 4.63. The van der Waals surface area contributed by atoms with Gasteiger partial charge in [-0.3, -0.25) is 4.79 Å². The molecule has 1 aliphatic heterocycles. The van der Waals surface area contributed by atoms with Crippen molar-refractivity contribution in [2.45, 2.75) is 12.5 Å². The largest absolute Gasteiger partial charge is 0.497 e. The van der Waals surface area contributed by atoms with Gasteiger partial charge in [-0.1, -0.05) is 6.07 Å². The lowest BCUT2D eigenvalue weighted by molar-refractivity contribution is 0.102. The Morgan fingerprint density at radius 2 is 2.26 bits per heavy atom. The van der Waals surface area contributed by atoms with E-state index < -0.39 is 0 Å². The van der Waals surface area contributed by atoms with Crippen LogP contribution in [0.5, 0.6) is 11.6 Å². The minimum atomic E-state index is -0.202. The number of hydrogen-bond donors (Lipinski definition) is 1. The van der Waals surface area contributed by atoms with Crippen molar-refractivity contribution in [1.29, 1.82) is 0 Å². The summed E-state index contributed by atoms with van der Waals surface area (Å²) in [5, 5.41) is 2.85. The minimum absolute atomic E-state index is 0.184. The van der Waals surface area contributed by atoms with E-state index in [1.54, 1.807) is 31.5 Å². The van der Waals surface area contributed by atoms with Gasteiger partial charge >= 0.3 is 0 Å². The van der Waals surface area contributed by atoms with E-state index in [4.69, 9.17) is 9.47 Å². The Labute approximate surface area is 139 Å². The number of nitrogens with zero attached hydrogens (tertiary/aromatic N) is 1. The SMILES string of the molecule is COc1cccc(NC(=O)c2ccnc(OC3CCSC3)c2)c1. The summed E-state index contributed by atoms with van der Waals surface area (Å²) in [6, 6.07) is 10.6. The monoisotopic (exact) mass is 330 g/mol. The lowest BCUT2D eigenvalue weighted by Gasteiger charge is -2.12. The molecule has 0 bridgehead atoms. The molecule has 1 aromatic heterocycles. The molecule has 0 saturated carbocycles. The van der Waals surface area contributed by atoms with E-state index in [0.29, 0.717) is 22.9 Å². The van der Waals surface area contributed by atoms with Gasteiger partial charge in [0.25, 0.3) is 5.91 Å². The summed E-state index contributed by atoms with van der Waals surface area (Å²) < 4.78 is 11.0. The number of methoxy groups -OCH3 is 1. The third kappa shape index (κ3) is 4.16. The maximum Gasteiger partial charge on any atom is 0.255 e. The standard InChI is InChI=1S/C17H18N2O3S/c1-21-14-4-2-3-13(10-14)19-17(20)12-5-7-18-16(9-12)22-15-6-8-23-11-15/h2-5,7,9-10,15H,6,8,11H2,1H3,(H,19,20). The van der Waals surface area contributed by atoms with Crippen LogP contribution in [-0.4, -0.2) is 35.6 Å². The van der Waals surface area contributed by atoms with E-state index in [1.165, 1.54) is 0 Å². The van der Waals surface area contributed by atoms with Gasteiger partial charge in [0.15, 0.2) is 0 Å². The number of nitrogens with one attached hydrogen (secondary N) is 1. The first kappa shape index (κ1) is 15.7. The van der Waals surface area contributed by atoms with Crippen molar-refractivity contribution in [3.8, 4) is 11.6 Å². The maximum absolute atomic E-state index is 12.4. The van der Waals surface area contributed by atoms with Crippen LogP contribution < -0.4 is 14.8 Å². The zero-order chi connectivity index (χ0) is 16.1. The van der Waals surface area contributed by atoms with Crippen molar-refractivity contribution in [3.05, 3.63) is 48.2 Å². The smallest absolute Gasteiger partial charge is 0.255 e. The Bertz CT molecular complexity index is 687. The first-order valence-electron chi connectivity index (χ1n) is 7.40. The molecule has 0 radical (unpaired) electrons. The first-order valence-corrected chi connectivity index (χ1v) is 8.56. The zero-order valence-electron chi connectivity index (χ0n) is 12.8. The van der Waals surface area contributed by atoms with Gasteiger partial charge < -0.3 is 14.8 Å².